The molecule has 0 radical (unpaired) electrons. The number of methoxy groups -OCH3 is 1. The van der Waals surface area contributed by atoms with E-state index in [0.717, 1.165) is 35.5 Å². The van der Waals surface area contributed by atoms with Gasteiger partial charge in [0.1, 0.15) is 0 Å². The fraction of sp³-hybridized carbons (Fsp3) is 0.238. The predicted molar refractivity (Wildman–Crippen MR) is 107 cm³/mol. The van der Waals surface area contributed by atoms with Crippen molar-refractivity contribution in [3.05, 3.63) is 69.2 Å². The lowest BCUT2D eigenvalue weighted by Crippen LogP contribution is -2.13. The molecule has 0 spiro atoms. The van der Waals surface area contributed by atoms with Gasteiger partial charge in [-0.25, -0.2) is 4.79 Å². The zero-order valence-electron chi connectivity index (χ0n) is 15.6. The number of thiophene rings is 1. The molecule has 6 heteroatoms. The Hall–Kier alpha value is -2.86. The number of ether oxygens (including phenoxy) is 1. The molecule has 5 nitrogen and oxygen atoms in total. The Morgan fingerprint density at radius 3 is 2.37 bits per heavy atom. The predicted octanol–water partition coefficient (Wildman–Crippen LogP) is 3.96. The van der Waals surface area contributed by atoms with Gasteiger partial charge in [0.15, 0.2) is 0 Å². The molecule has 0 saturated carbocycles. The molecule has 1 amide bonds. The van der Waals surface area contributed by atoms with Crippen LogP contribution in [0, 0.1) is 13.8 Å². The van der Waals surface area contributed by atoms with Crippen LogP contribution in [0.4, 0.5) is 0 Å². The first-order chi connectivity index (χ1) is 12.9. The van der Waals surface area contributed by atoms with E-state index in [0.29, 0.717) is 11.1 Å². The third-order valence-corrected chi connectivity index (χ3v) is 5.72. The molecule has 0 bridgehead atoms. The molecule has 27 heavy (non-hydrogen) atoms. The Labute approximate surface area is 162 Å². The van der Waals surface area contributed by atoms with Crippen LogP contribution < -0.4 is 5.73 Å². The summed E-state index contributed by atoms with van der Waals surface area (Å²) in [6, 6.07) is 11.2. The summed E-state index contributed by atoms with van der Waals surface area (Å²) in [7, 11) is 1.35. The SMILES string of the molecule is COC(=O)c1ccc(-c2c(C(N)=O)c(C)n(CCc3cccs3)c2C)cc1. The molecule has 1 aromatic carbocycles. The van der Waals surface area contributed by atoms with Crippen LogP contribution in [0.15, 0.2) is 41.8 Å². The molecule has 0 aliphatic rings. The van der Waals surface area contributed by atoms with Crippen LogP contribution in [-0.2, 0) is 17.7 Å². The normalized spacial score (nSPS) is 10.8. The smallest absolute Gasteiger partial charge is 0.337 e. The van der Waals surface area contributed by atoms with Crippen molar-refractivity contribution in [3.63, 3.8) is 0 Å². The van der Waals surface area contributed by atoms with Crippen LogP contribution in [0.5, 0.6) is 0 Å². The Morgan fingerprint density at radius 1 is 1.11 bits per heavy atom. The van der Waals surface area contributed by atoms with E-state index in [4.69, 9.17) is 10.5 Å². The molecule has 2 heterocycles. The number of nitrogens with two attached hydrogens (primary N) is 1. The van der Waals surface area contributed by atoms with Crippen molar-refractivity contribution in [1.29, 1.82) is 0 Å². The maximum Gasteiger partial charge on any atom is 0.337 e. The van der Waals surface area contributed by atoms with Crippen molar-refractivity contribution in [2.45, 2.75) is 26.8 Å². The number of hydrogen-bond donors (Lipinski definition) is 1. The first-order valence-corrected chi connectivity index (χ1v) is 9.52. The first-order valence-electron chi connectivity index (χ1n) is 8.64. The van der Waals surface area contributed by atoms with Crippen molar-refractivity contribution in [3.8, 4) is 11.1 Å². The van der Waals surface area contributed by atoms with Gasteiger partial charge in [-0.2, -0.15) is 0 Å². The third kappa shape index (κ3) is 3.66. The van der Waals surface area contributed by atoms with Crippen molar-refractivity contribution in [1.82, 2.24) is 4.57 Å². The number of nitrogens with zero attached hydrogens (tertiary/aromatic N) is 1. The Balaban J connectivity index is 2.02. The van der Waals surface area contributed by atoms with Crippen molar-refractivity contribution < 1.29 is 14.3 Å². The highest BCUT2D eigenvalue weighted by atomic mass is 32.1. The van der Waals surface area contributed by atoms with E-state index in [1.165, 1.54) is 12.0 Å². The molecular weight excluding hydrogens is 360 g/mol. The van der Waals surface area contributed by atoms with Crippen LogP contribution in [0.25, 0.3) is 11.1 Å². The van der Waals surface area contributed by atoms with Crippen molar-refractivity contribution in [2.24, 2.45) is 5.73 Å². The summed E-state index contributed by atoms with van der Waals surface area (Å²) in [5, 5.41) is 2.06. The van der Waals surface area contributed by atoms with Gasteiger partial charge in [-0.15, -0.1) is 11.3 Å². The zero-order chi connectivity index (χ0) is 19.6. The molecule has 3 aromatic rings. The minimum atomic E-state index is -0.447. The van der Waals surface area contributed by atoms with Gasteiger partial charge in [0.2, 0.25) is 0 Å². The van der Waals surface area contributed by atoms with Gasteiger partial charge in [-0.1, -0.05) is 18.2 Å². The maximum atomic E-state index is 12.2. The van der Waals surface area contributed by atoms with E-state index in [1.54, 1.807) is 23.5 Å². The van der Waals surface area contributed by atoms with Gasteiger partial charge in [-0.3, -0.25) is 4.79 Å². The highest BCUT2D eigenvalue weighted by molar-refractivity contribution is 7.09. The summed E-state index contributed by atoms with van der Waals surface area (Å²) in [6.45, 7) is 4.70. The van der Waals surface area contributed by atoms with Crippen molar-refractivity contribution in [2.75, 3.05) is 7.11 Å². The highest BCUT2D eigenvalue weighted by Crippen LogP contribution is 2.33. The van der Waals surface area contributed by atoms with Crippen molar-refractivity contribution >= 4 is 23.2 Å². The van der Waals surface area contributed by atoms with Crippen LogP contribution in [0.1, 0.15) is 37.0 Å². The number of benzene rings is 1. The van der Waals surface area contributed by atoms with Gasteiger partial charge in [-0.05, 0) is 49.4 Å². The Bertz CT molecular complexity index is 970. The number of amides is 1. The Morgan fingerprint density at radius 2 is 1.81 bits per heavy atom. The maximum absolute atomic E-state index is 12.2. The topological polar surface area (TPSA) is 74.3 Å². The molecule has 0 unspecified atom stereocenters. The average molecular weight is 382 g/mol. The second kappa shape index (κ2) is 7.80. The lowest BCUT2D eigenvalue weighted by Gasteiger charge is -2.09. The number of hydrogen-bond acceptors (Lipinski definition) is 4. The largest absolute Gasteiger partial charge is 0.465 e. The van der Waals surface area contributed by atoms with E-state index in [1.807, 2.05) is 32.0 Å². The summed E-state index contributed by atoms with van der Waals surface area (Å²) < 4.78 is 6.88. The lowest BCUT2D eigenvalue weighted by atomic mass is 9.99. The zero-order valence-corrected chi connectivity index (χ0v) is 16.4. The number of esters is 1. The van der Waals surface area contributed by atoms with E-state index in [9.17, 15) is 9.59 Å². The number of rotatable bonds is 6. The van der Waals surface area contributed by atoms with E-state index < -0.39 is 11.9 Å². The monoisotopic (exact) mass is 382 g/mol. The minimum Gasteiger partial charge on any atom is -0.465 e. The molecule has 2 N–H and O–H groups in total. The van der Waals surface area contributed by atoms with E-state index >= 15 is 0 Å². The summed E-state index contributed by atoms with van der Waals surface area (Å²) >= 11 is 1.73. The molecule has 0 atom stereocenters. The second-order valence-corrected chi connectivity index (χ2v) is 7.37. The second-order valence-electron chi connectivity index (χ2n) is 6.34. The number of primary amides is 1. The minimum absolute atomic E-state index is 0.391. The summed E-state index contributed by atoms with van der Waals surface area (Å²) in [5.74, 6) is -0.837. The van der Waals surface area contributed by atoms with Gasteiger partial charge < -0.3 is 15.0 Å². The third-order valence-electron chi connectivity index (χ3n) is 4.79. The highest BCUT2D eigenvalue weighted by Gasteiger charge is 2.22. The van der Waals surface area contributed by atoms with E-state index in [2.05, 4.69) is 16.0 Å². The van der Waals surface area contributed by atoms with Crippen LogP contribution in [-0.4, -0.2) is 23.6 Å². The number of carbonyl (C=O) groups excluding carboxylic acids is 2. The fourth-order valence-electron chi connectivity index (χ4n) is 3.44. The standard InChI is InChI=1S/C21H22N2O3S/c1-13-18(15-6-8-16(9-7-15)21(25)26-3)19(20(22)24)14(2)23(13)11-10-17-5-4-12-27-17/h4-9,12H,10-11H2,1-3H3,(H2,22,24). The number of carbonyl (C=O) groups is 2. The molecule has 0 saturated heterocycles. The number of aryl methyl sites for hydroxylation is 1. The molecule has 2 aromatic heterocycles. The van der Waals surface area contributed by atoms with Gasteiger partial charge in [0.05, 0.1) is 18.2 Å². The lowest BCUT2D eigenvalue weighted by molar-refractivity contribution is 0.0600. The number of aromatic nitrogens is 1. The molecule has 140 valence electrons. The molecular formula is C21H22N2O3S. The summed E-state index contributed by atoms with van der Waals surface area (Å²) in [6.07, 6.45) is 0.896. The Kier molecular flexibility index (Phi) is 5.46. The summed E-state index contributed by atoms with van der Waals surface area (Å²) in [5.41, 5.74) is 10.2. The molecule has 0 fully saturated rings. The van der Waals surface area contributed by atoms with Gasteiger partial charge in [0.25, 0.3) is 5.91 Å². The molecule has 0 aliphatic carbocycles. The first kappa shape index (κ1) is 18.9. The van der Waals surface area contributed by atoms with Gasteiger partial charge in [0, 0.05) is 28.4 Å². The van der Waals surface area contributed by atoms with Gasteiger partial charge >= 0.3 is 5.97 Å². The average Bonchev–Trinajstić information content (AvgIpc) is 3.26. The summed E-state index contributed by atoms with van der Waals surface area (Å²) in [4.78, 5) is 25.1. The van der Waals surface area contributed by atoms with Crippen LogP contribution >= 0.6 is 11.3 Å². The molecule has 3 rings (SSSR count). The van der Waals surface area contributed by atoms with E-state index in [-0.39, 0.29) is 0 Å². The fourth-order valence-corrected chi connectivity index (χ4v) is 4.14. The van der Waals surface area contributed by atoms with Crippen LogP contribution in [0.3, 0.4) is 0 Å². The quantitative estimate of drug-likeness (QED) is 0.656. The van der Waals surface area contributed by atoms with Crippen LogP contribution in [0.2, 0.25) is 0 Å². The molecule has 0 aliphatic heterocycles.